The number of rotatable bonds is 5. The fraction of sp³-hybridized carbons (Fsp3) is 0.923. The summed E-state index contributed by atoms with van der Waals surface area (Å²) in [5.41, 5.74) is 0. The van der Waals surface area contributed by atoms with Crippen molar-refractivity contribution in [2.24, 2.45) is 5.92 Å². The van der Waals surface area contributed by atoms with Crippen LogP contribution in [-0.4, -0.2) is 49.2 Å². The third-order valence-electron chi connectivity index (χ3n) is 4.14. The molecule has 0 radical (unpaired) electrons. The molecule has 3 rings (SSSR count). The summed E-state index contributed by atoms with van der Waals surface area (Å²) in [7, 11) is 1.72. The SMILES string of the molecule is COC1CNC(C(=O)N(CC2CC2)C2CC2)C1. The number of carbonyl (C=O) groups is 1. The Morgan fingerprint density at radius 3 is 2.65 bits per heavy atom. The molecule has 2 unspecified atom stereocenters. The zero-order chi connectivity index (χ0) is 11.8. The molecule has 3 fully saturated rings. The lowest BCUT2D eigenvalue weighted by Crippen LogP contribution is -2.45. The van der Waals surface area contributed by atoms with E-state index >= 15 is 0 Å². The summed E-state index contributed by atoms with van der Waals surface area (Å²) in [6, 6.07) is 0.547. The highest BCUT2D eigenvalue weighted by Gasteiger charge is 2.40. The maximum absolute atomic E-state index is 12.5. The maximum Gasteiger partial charge on any atom is 0.240 e. The first-order valence-electron chi connectivity index (χ1n) is 6.84. The highest BCUT2D eigenvalue weighted by molar-refractivity contribution is 5.83. The Hall–Kier alpha value is -0.610. The van der Waals surface area contributed by atoms with Crippen LogP contribution in [0.3, 0.4) is 0 Å². The van der Waals surface area contributed by atoms with Crippen molar-refractivity contribution < 1.29 is 9.53 Å². The second-order valence-electron chi connectivity index (χ2n) is 5.72. The number of carbonyl (C=O) groups excluding carboxylic acids is 1. The lowest BCUT2D eigenvalue weighted by Gasteiger charge is -2.25. The Labute approximate surface area is 103 Å². The van der Waals surface area contributed by atoms with Gasteiger partial charge in [0.05, 0.1) is 12.1 Å². The van der Waals surface area contributed by atoms with Gasteiger partial charge < -0.3 is 15.0 Å². The van der Waals surface area contributed by atoms with Gasteiger partial charge in [0.1, 0.15) is 0 Å². The minimum atomic E-state index is -0.000648. The summed E-state index contributed by atoms with van der Waals surface area (Å²) in [6.45, 7) is 1.81. The normalized spacial score (nSPS) is 32.8. The number of amides is 1. The van der Waals surface area contributed by atoms with Gasteiger partial charge in [0.2, 0.25) is 5.91 Å². The molecule has 2 aliphatic carbocycles. The van der Waals surface area contributed by atoms with Crippen molar-refractivity contribution in [1.82, 2.24) is 10.2 Å². The summed E-state index contributed by atoms with van der Waals surface area (Å²) < 4.78 is 5.31. The molecule has 2 saturated carbocycles. The molecule has 1 aliphatic heterocycles. The lowest BCUT2D eigenvalue weighted by molar-refractivity contribution is -0.134. The Kier molecular flexibility index (Phi) is 3.09. The van der Waals surface area contributed by atoms with E-state index in [-0.39, 0.29) is 12.1 Å². The molecule has 0 aromatic rings. The van der Waals surface area contributed by atoms with Crippen LogP contribution < -0.4 is 5.32 Å². The molecule has 0 spiro atoms. The van der Waals surface area contributed by atoms with Crippen LogP contribution in [0.1, 0.15) is 32.1 Å². The van der Waals surface area contributed by atoms with Gasteiger partial charge in [-0.2, -0.15) is 0 Å². The van der Waals surface area contributed by atoms with Crippen LogP contribution in [0.15, 0.2) is 0 Å². The molecule has 2 atom stereocenters. The maximum atomic E-state index is 12.5. The predicted molar refractivity (Wildman–Crippen MR) is 64.7 cm³/mol. The second kappa shape index (κ2) is 4.58. The van der Waals surface area contributed by atoms with E-state index < -0.39 is 0 Å². The van der Waals surface area contributed by atoms with Crippen molar-refractivity contribution in [2.45, 2.75) is 50.3 Å². The molecule has 1 N–H and O–H groups in total. The first-order chi connectivity index (χ1) is 8.28. The zero-order valence-corrected chi connectivity index (χ0v) is 10.5. The number of ether oxygens (including phenoxy) is 1. The van der Waals surface area contributed by atoms with Crippen LogP contribution in [0.25, 0.3) is 0 Å². The topological polar surface area (TPSA) is 41.6 Å². The van der Waals surface area contributed by atoms with Crippen molar-refractivity contribution in [3.63, 3.8) is 0 Å². The van der Waals surface area contributed by atoms with Gasteiger partial charge in [-0.25, -0.2) is 0 Å². The molecule has 4 nitrogen and oxygen atoms in total. The molecule has 1 heterocycles. The first-order valence-corrected chi connectivity index (χ1v) is 6.84. The number of methoxy groups -OCH3 is 1. The molecule has 4 heteroatoms. The summed E-state index contributed by atoms with van der Waals surface area (Å²) >= 11 is 0. The third kappa shape index (κ3) is 2.63. The van der Waals surface area contributed by atoms with E-state index in [2.05, 4.69) is 10.2 Å². The number of nitrogens with zero attached hydrogens (tertiary/aromatic N) is 1. The standard InChI is InChI=1S/C13H22N2O2/c1-17-11-6-12(14-7-11)13(16)15(10-4-5-10)8-9-2-3-9/h9-12,14H,2-8H2,1H3. The first kappa shape index (κ1) is 11.5. The quantitative estimate of drug-likeness (QED) is 0.769. The van der Waals surface area contributed by atoms with Gasteiger partial charge in [-0.05, 0) is 38.0 Å². The molecule has 0 aromatic carbocycles. The Morgan fingerprint density at radius 1 is 1.35 bits per heavy atom. The van der Waals surface area contributed by atoms with E-state index in [9.17, 15) is 4.79 Å². The summed E-state index contributed by atoms with van der Waals surface area (Å²) in [6.07, 6.45) is 6.09. The smallest absolute Gasteiger partial charge is 0.240 e. The van der Waals surface area contributed by atoms with E-state index in [1.54, 1.807) is 7.11 Å². The number of nitrogens with one attached hydrogen (secondary N) is 1. The summed E-state index contributed by atoms with van der Waals surface area (Å²) in [4.78, 5) is 14.6. The van der Waals surface area contributed by atoms with Gasteiger partial charge >= 0.3 is 0 Å². The highest BCUT2D eigenvalue weighted by Crippen LogP contribution is 2.35. The molecule has 17 heavy (non-hydrogen) atoms. The Morgan fingerprint density at radius 2 is 2.12 bits per heavy atom. The highest BCUT2D eigenvalue weighted by atomic mass is 16.5. The van der Waals surface area contributed by atoms with E-state index in [0.717, 1.165) is 25.4 Å². The van der Waals surface area contributed by atoms with Crippen LogP contribution in [-0.2, 0) is 9.53 Å². The van der Waals surface area contributed by atoms with Crippen LogP contribution in [0, 0.1) is 5.92 Å². The Balaban J connectivity index is 1.58. The van der Waals surface area contributed by atoms with Crippen molar-refractivity contribution >= 4 is 5.91 Å². The average molecular weight is 238 g/mol. The Bertz CT molecular complexity index is 300. The van der Waals surface area contributed by atoms with Crippen molar-refractivity contribution in [3.8, 4) is 0 Å². The van der Waals surface area contributed by atoms with Gasteiger partial charge in [-0.1, -0.05) is 0 Å². The fourth-order valence-corrected chi connectivity index (χ4v) is 2.65. The van der Waals surface area contributed by atoms with E-state index in [1.165, 1.54) is 25.7 Å². The van der Waals surface area contributed by atoms with Gasteiger partial charge in [0, 0.05) is 26.2 Å². The zero-order valence-electron chi connectivity index (χ0n) is 10.5. The summed E-state index contributed by atoms with van der Waals surface area (Å²) in [5, 5.41) is 3.30. The summed E-state index contributed by atoms with van der Waals surface area (Å²) in [5.74, 6) is 1.11. The van der Waals surface area contributed by atoms with E-state index in [1.807, 2.05) is 0 Å². The van der Waals surface area contributed by atoms with Gasteiger partial charge in [-0.3, -0.25) is 4.79 Å². The molecule has 96 valence electrons. The van der Waals surface area contributed by atoms with Crippen molar-refractivity contribution in [3.05, 3.63) is 0 Å². The largest absolute Gasteiger partial charge is 0.380 e. The van der Waals surface area contributed by atoms with Gasteiger partial charge in [0.15, 0.2) is 0 Å². The van der Waals surface area contributed by atoms with Crippen LogP contribution >= 0.6 is 0 Å². The molecule has 3 aliphatic rings. The van der Waals surface area contributed by atoms with E-state index in [4.69, 9.17) is 4.74 Å². The average Bonchev–Trinajstić information content (AvgIpc) is 3.24. The molecular formula is C13H22N2O2. The number of hydrogen-bond donors (Lipinski definition) is 1. The van der Waals surface area contributed by atoms with Crippen LogP contribution in [0.4, 0.5) is 0 Å². The third-order valence-corrected chi connectivity index (χ3v) is 4.14. The lowest BCUT2D eigenvalue weighted by atomic mass is 10.1. The van der Waals surface area contributed by atoms with Crippen LogP contribution in [0.2, 0.25) is 0 Å². The fourth-order valence-electron chi connectivity index (χ4n) is 2.65. The molecule has 1 saturated heterocycles. The predicted octanol–water partition coefficient (Wildman–Crippen LogP) is 0.764. The molecule has 0 bridgehead atoms. The van der Waals surface area contributed by atoms with E-state index in [0.29, 0.717) is 11.9 Å². The monoisotopic (exact) mass is 238 g/mol. The van der Waals surface area contributed by atoms with Crippen LogP contribution in [0.5, 0.6) is 0 Å². The molecular weight excluding hydrogens is 216 g/mol. The minimum Gasteiger partial charge on any atom is -0.380 e. The molecule has 0 aromatic heterocycles. The second-order valence-corrected chi connectivity index (χ2v) is 5.72. The minimum absolute atomic E-state index is 0.000648. The van der Waals surface area contributed by atoms with Gasteiger partial charge in [0.25, 0.3) is 0 Å². The number of hydrogen-bond acceptors (Lipinski definition) is 3. The van der Waals surface area contributed by atoms with Gasteiger partial charge in [-0.15, -0.1) is 0 Å². The van der Waals surface area contributed by atoms with Crippen molar-refractivity contribution in [2.75, 3.05) is 20.2 Å². The molecule has 1 amide bonds. The van der Waals surface area contributed by atoms with Crippen molar-refractivity contribution in [1.29, 1.82) is 0 Å².